The molecule has 26 heavy (non-hydrogen) atoms. The molecule has 0 atom stereocenters. The molecule has 0 aliphatic carbocycles. The number of anilines is 1. The molecule has 0 radical (unpaired) electrons. The van der Waals surface area contributed by atoms with E-state index >= 15 is 0 Å². The lowest BCUT2D eigenvalue weighted by Crippen LogP contribution is -2.02. The molecule has 0 unspecified atom stereocenters. The maximum atomic E-state index is 13.5. The summed E-state index contributed by atoms with van der Waals surface area (Å²) in [6.45, 7) is 0.359. The van der Waals surface area contributed by atoms with Crippen molar-refractivity contribution in [3.8, 4) is 11.5 Å². The van der Waals surface area contributed by atoms with Crippen molar-refractivity contribution >= 4 is 17.4 Å². The van der Waals surface area contributed by atoms with E-state index in [0.29, 0.717) is 6.54 Å². The van der Waals surface area contributed by atoms with E-state index in [9.17, 15) is 13.9 Å². The van der Waals surface area contributed by atoms with Crippen LogP contribution in [0.25, 0.3) is 0 Å². The van der Waals surface area contributed by atoms with E-state index < -0.39 is 17.4 Å². The Morgan fingerprint density at radius 3 is 2.46 bits per heavy atom. The minimum atomic E-state index is -1.25. The van der Waals surface area contributed by atoms with Gasteiger partial charge in [0, 0.05) is 16.3 Å². The van der Waals surface area contributed by atoms with Crippen LogP contribution in [-0.2, 0) is 6.54 Å². The van der Waals surface area contributed by atoms with Crippen molar-refractivity contribution in [2.24, 2.45) is 0 Å². The van der Waals surface area contributed by atoms with Crippen LogP contribution in [0.15, 0.2) is 70.5 Å². The van der Waals surface area contributed by atoms with Crippen LogP contribution in [0.5, 0.6) is 11.5 Å². The van der Waals surface area contributed by atoms with Crippen LogP contribution in [0.1, 0.15) is 5.56 Å². The number of methoxy groups -OCH3 is 1. The fourth-order valence-corrected chi connectivity index (χ4v) is 3.34. The molecule has 3 aromatic rings. The van der Waals surface area contributed by atoms with Gasteiger partial charge in [0.25, 0.3) is 0 Å². The highest BCUT2D eigenvalue weighted by atomic mass is 32.2. The fourth-order valence-electron chi connectivity index (χ4n) is 2.39. The van der Waals surface area contributed by atoms with Gasteiger partial charge in [-0.05, 0) is 48.0 Å². The van der Waals surface area contributed by atoms with E-state index in [1.807, 2.05) is 48.5 Å². The Labute approximate surface area is 154 Å². The molecule has 3 nitrogen and oxygen atoms in total. The van der Waals surface area contributed by atoms with Gasteiger partial charge in [0.1, 0.15) is 5.75 Å². The first kappa shape index (κ1) is 18.1. The van der Waals surface area contributed by atoms with Gasteiger partial charge >= 0.3 is 0 Å². The monoisotopic (exact) mass is 373 g/mol. The molecule has 0 heterocycles. The Balaban J connectivity index is 1.76. The highest BCUT2D eigenvalue weighted by molar-refractivity contribution is 7.99. The van der Waals surface area contributed by atoms with Gasteiger partial charge in [-0.15, -0.1) is 0 Å². The van der Waals surface area contributed by atoms with Crippen LogP contribution in [0, 0.1) is 11.6 Å². The van der Waals surface area contributed by atoms with E-state index in [2.05, 4.69) is 5.32 Å². The second-order valence-electron chi connectivity index (χ2n) is 5.50. The molecule has 2 N–H and O–H groups in total. The average Bonchev–Trinajstić information content (AvgIpc) is 2.67. The summed E-state index contributed by atoms with van der Waals surface area (Å²) in [6.07, 6.45) is 0. The second-order valence-corrected chi connectivity index (χ2v) is 6.61. The first-order valence-corrected chi connectivity index (χ1v) is 8.71. The molecule has 3 rings (SSSR count). The van der Waals surface area contributed by atoms with Crippen molar-refractivity contribution < 1.29 is 18.6 Å². The zero-order valence-electron chi connectivity index (χ0n) is 14.0. The van der Waals surface area contributed by atoms with Crippen molar-refractivity contribution in [1.82, 2.24) is 0 Å². The van der Waals surface area contributed by atoms with Gasteiger partial charge in [-0.25, -0.2) is 4.39 Å². The summed E-state index contributed by atoms with van der Waals surface area (Å²) < 4.78 is 31.7. The summed E-state index contributed by atoms with van der Waals surface area (Å²) in [4.78, 5) is 2.07. The predicted molar refractivity (Wildman–Crippen MR) is 98.9 cm³/mol. The van der Waals surface area contributed by atoms with E-state index in [-0.39, 0.29) is 5.69 Å². The third-order valence-corrected chi connectivity index (χ3v) is 4.92. The number of aromatic hydroxyl groups is 1. The molecule has 0 amide bonds. The maximum absolute atomic E-state index is 13.5. The number of phenols is 1. The van der Waals surface area contributed by atoms with Crippen molar-refractivity contribution in [1.29, 1.82) is 0 Å². The summed E-state index contributed by atoms with van der Waals surface area (Å²) in [5.74, 6) is -2.26. The third kappa shape index (κ3) is 4.08. The van der Waals surface area contributed by atoms with E-state index in [0.717, 1.165) is 27.2 Å². The van der Waals surface area contributed by atoms with E-state index in [4.69, 9.17) is 4.74 Å². The van der Waals surface area contributed by atoms with Gasteiger partial charge < -0.3 is 15.2 Å². The van der Waals surface area contributed by atoms with Crippen LogP contribution in [0.3, 0.4) is 0 Å². The standard InChI is InChI=1S/C20H17F2NO2S/c1-25-14-6-8-15(9-7-14)26-18-5-3-2-4-13(18)12-23-17-11-10-16(21)19(22)20(17)24/h2-11,23-24H,12H2,1H3. The average molecular weight is 373 g/mol. The summed E-state index contributed by atoms with van der Waals surface area (Å²) in [5.41, 5.74) is 1.12. The first-order valence-electron chi connectivity index (χ1n) is 7.89. The van der Waals surface area contributed by atoms with Gasteiger partial charge in [0.05, 0.1) is 12.8 Å². The highest BCUT2D eigenvalue weighted by Gasteiger charge is 2.13. The summed E-state index contributed by atoms with van der Waals surface area (Å²) in [7, 11) is 1.62. The number of hydrogen-bond donors (Lipinski definition) is 2. The molecule has 0 saturated carbocycles. The Bertz CT molecular complexity index is 901. The smallest absolute Gasteiger partial charge is 0.202 e. The van der Waals surface area contributed by atoms with E-state index in [1.54, 1.807) is 18.9 Å². The molecule has 3 aromatic carbocycles. The number of hydrogen-bond acceptors (Lipinski definition) is 4. The third-order valence-electron chi connectivity index (χ3n) is 3.80. The second kappa shape index (κ2) is 8.10. The van der Waals surface area contributed by atoms with Crippen molar-refractivity contribution in [2.45, 2.75) is 16.3 Å². The lowest BCUT2D eigenvalue weighted by molar-refractivity contribution is 0.409. The minimum absolute atomic E-state index is 0.146. The lowest BCUT2D eigenvalue weighted by Gasteiger charge is -2.13. The summed E-state index contributed by atoms with van der Waals surface area (Å²) >= 11 is 1.59. The van der Waals surface area contributed by atoms with Crippen molar-refractivity contribution in [3.05, 3.63) is 77.9 Å². The topological polar surface area (TPSA) is 41.5 Å². The molecular weight excluding hydrogens is 356 g/mol. The molecule has 134 valence electrons. The largest absolute Gasteiger partial charge is 0.503 e. The highest BCUT2D eigenvalue weighted by Crippen LogP contribution is 2.33. The molecular formula is C20H17F2NO2S. The Hall–Kier alpha value is -2.73. The van der Waals surface area contributed by atoms with Crippen LogP contribution in [-0.4, -0.2) is 12.2 Å². The van der Waals surface area contributed by atoms with Crippen molar-refractivity contribution in [3.63, 3.8) is 0 Å². The van der Waals surface area contributed by atoms with Gasteiger partial charge in [0.2, 0.25) is 5.82 Å². The number of halogens is 2. The molecule has 0 bridgehead atoms. The molecule has 0 aliphatic heterocycles. The summed E-state index contributed by atoms with van der Waals surface area (Å²) in [6, 6.07) is 17.8. The molecule has 0 aliphatic rings. The van der Waals surface area contributed by atoms with Crippen molar-refractivity contribution in [2.75, 3.05) is 12.4 Å². The quantitative estimate of drug-likeness (QED) is 0.565. The molecule has 0 spiro atoms. The Kier molecular flexibility index (Phi) is 5.63. The Morgan fingerprint density at radius 2 is 1.73 bits per heavy atom. The van der Waals surface area contributed by atoms with Crippen LogP contribution >= 0.6 is 11.8 Å². The predicted octanol–water partition coefficient (Wildman–Crippen LogP) is 5.44. The molecule has 0 saturated heterocycles. The Morgan fingerprint density at radius 1 is 1.00 bits per heavy atom. The number of nitrogens with one attached hydrogen (secondary N) is 1. The number of benzene rings is 3. The number of ether oxygens (including phenoxy) is 1. The normalized spacial score (nSPS) is 10.6. The maximum Gasteiger partial charge on any atom is 0.202 e. The van der Waals surface area contributed by atoms with Crippen LogP contribution in [0.2, 0.25) is 0 Å². The SMILES string of the molecule is COc1ccc(Sc2ccccc2CNc2ccc(F)c(F)c2O)cc1. The zero-order chi connectivity index (χ0) is 18.5. The minimum Gasteiger partial charge on any atom is -0.503 e. The van der Waals surface area contributed by atoms with Gasteiger partial charge in [-0.2, -0.15) is 4.39 Å². The lowest BCUT2D eigenvalue weighted by atomic mass is 10.2. The van der Waals surface area contributed by atoms with Crippen LogP contribution < -0.4 is 10.1 Å². The molecule has 6 heteroatoms. The fraction of sp³-hybridized carbons (Fsp3) is 0.100. The van der Waals surface area contributed by atoms with Crippen LogP contribution in [0.4, 0.5) is 14.5 Å². The van der Waals surface area contributed by atoms with Gasteiger partial charge in [-0.3, -0.25) is 0 Å². The number of phenolic OH excluding ortho intramolecular Hbond substituents is 1. The summed E-state index contributed by atoms with van der Waals surface area (Å²) in [5, 5.41) is 12.7. The van der Waals surface area contributed by atoms with E-state index in [1.165, 1.54) is 6.07 Å². The van der Waals surface area contributed by atoms with Gasteiger partial charge in [0.15, 0.2) is 11.6 Å². The molecule has 0 aromatic heterocycles. The first-order chi connectivity index (χ1) is 12.6. The zero-order valence-corrected chi connectivity index (χ0v) is 14.8. The van der Waals surface area contributed by atoms with Gasteiger partial charge in [-0.1, -0.05) is 30.0 Å². The molecule has 0 fully saturated rings. The number of rotatable bonds is 6.